The van der Waals surface area contributed by atoms with E-state index in [1.165, 1.54) is 30.0 Å². The lowest BCUT2D eigenvalue weighted by molar-refractivity contribution is 0.434. The Labute approximate surface area is 102 Å². The molecule has 3 heteroatoms. The second kappa shape index (κ2) is 5.28. The third-order valence-electron chi connectivity index (χ3n) is 3.23. The SMILES string of the molecule is CCc1nc(C(C)NC(C)CC2CC2)cs1. The second-order valence-corrected chi connectivity index (χ2v) is 5.93. The van der Waals surface area contributed by atoms with Crippen molar-refractivity contribution in [1.29, 1.82) is 0 Å². The molecule has 0 radical (unpaired) electrons. The Morgan fingerprint density at radius 1 is 1.50 bits per heavy atom. The van der Waals surface area contributed by atoms with Crippen LogP contribution >= 0.6 is 11.3 Å². The van der Waals surface area contributed by atoms with Crippen LogP contribution in [0.5, 0.6) is 0 Å². The van der Waals surface area contributed by atoms with Gasteiger partial charge in [-0.15, -0.1) is 11.3 Å². The zero-order chi connectivity index (χ0) is 11.5. The van der Waals surface area contributed by atoms with Crippen molar-refractivity contribution >= 4 is 11.3 Å². The van der Waals surface area contributed by atoms with Gasteiger partial charge in [-0.3, -0.25) is 0 Å². The predicted octanol–water partition coefficient (Wildman–Crippen LogP) is 3.54. The lowest BCUT2D eigenvalue weighted by atomic mass is 10.1. The fraction of sp³-hybridized carbons (Fsp3) is 0.769. The molecule has 2 atom stereocenters. The monoisotopic (exact) mass is 238 g/mol. The minimum atomic E-state index is 0.394. The fourth-order valence-electron chi connectivity index (χ4n) is 2.12. The topological polar surface area (TPSA) is 24.9 Å². The lowest BCUT2D eigenvalue weighted by Gasteiger charge is -2.18. The molecule has 2 nitrogen and oxygen atoms in total. The summed E-state index contributed by atoms with van der Waals surface area (Å²) in [5, 5.41) is 7.09. The highest BCUT2D eigenvalue weighted by Crippen LogP contribution is 2.33. The van der Waals surface area contributed by atoms with E-state index in [0.29, 0.717) is 12.1 Å². The van der Waals surface area contributed by atoms with E-state index in [2.05, 4.69) is 36.5 Å². The normalized spacial score (nSPS) is 19.7. The van der Waals surface area contributed by atoms with Crippen LogP contribution in [0.2, 0.25) is 0 Å². The molecule has 0 spiro atoms. The molecule has 1 fully saturated rings. The Morgan fingerprint density at radius 3 is 2.81 bits per heavy atom. The molecule has 1 aromatic heterocycles. The first-order chi connectivity index (χ1) is 7.69. The third-order valence-corrected chi connectivity index (χ3v) is 4.25. The van der Waals surface area contributed by atoms with Crippen LogP contribution in [0, 0.1) is 5.92 Å². The molecule has 1 aromatic rings. The van der Waals surface area contributed by atoms with Gasteiger partial charge in [-0.2, -0.15) is 0 Å². The first-order valence-electron chi connectivity index (χ1n) is 6.39. The summed E-state index contributed by atoms with van der Waals surface area (Å²) in [6, 6.07) is 1.01. The van der Waals surface area contributed by atoms with Crippen LogP contribution in [-0.2, 0) is 6.42 Å². The van der Waals surface area contributed by atoms with Gasteiger partial charge in [-0.05, 0) is 32.6 Å². The Balaban J connectivity index is 1.83. The summed E-state index contributed by atoms with van der Waals surface area (Å²) in [5.74, 6) is 0.997. The van der Waals surface area contributed by atoms with E-state index < -0.39 is 0 Å². The van der Waals surface area contributed by atoms with Gasteiger partial charge in [0.2, 0.25) is 0 Å². The van der Waals surface area contributed by atoms with Gasteiger partial charge in [0.1, 0.15) is 0 Å². The highest BCUT2D eigenvalue weighted by atomic mass is 32.1. The zero-order valence-electron chi connectivity index (χ0n) is 10.5. The van der Waals surface area contributed by atoms with Crippen molar-refractivity contribution < 1.29 is 0 Å². The first-order valence-corrected chi connectivity index (χ1v) is 7.27. The van der Waals surface area contributed by atoms with E-state index in [9.17, 15) is 0 Å². The van der Waals surface area contributed by atoms with Crippen LogP contribution in [0.3, 0.4) is 0 Å². The molecular weight excluding hydrogens is 216 g/mol. The zero-order valence-corrected chi connectivity index (χ0v) is 11.3. The maximum Gasteiger partial charge on any atom is 0.0926 e. The van der Waals surface area contributed by atoms with Crippen LogP contribution in [0.15, 0.2) is 5.38 Å². The summed E-state index contributed by atoms with van der Waals surface area (Å²) in [4.78, 5) is 4.63. The molecule has 0 aromatic carbocycles. The summed E-state index contributed by atoms with van der Waals surface area (Å²) in [5.41, 5.74) is 1.21. The minimum absolute atomic E-state index is 0.394. The van der Waals surface area contributed by atoms with E-state index in [1.54, 1.807) is 11.3 Å². The number of rotatable bonds is 6. The molecule has 2 rings (SSSR count). The molecule has 0 bridgehead atoms. The van der Waals surface area contributed by atoms with Crippen LogP contribution in [0.25, 0.3) is 0 Å². The molecule has 16 heavy (non-hydrogen) atoms. The average Bonchev–Trinajstić information content (AvgIpc) is 2.93. The van der Waals surface area contributed by atoms with Crippen molar-refractivity contribution in [3.8, 4) is 0 Å². The molecule has 90 valence electrons. The summed E-state index contributed by atoms with van der Waals surface area (Å²) in [6.45, 7) is 6.68. The minimum Gasteiger partial charge on any atom is -0.306 e. The second-order valence-electron chi connectivity index (χ2n) is 4.99. The van der Waals surface area contributed by atoms with Crippen molar-refractivity contribution in [3.05, 3.63) is 16.1 Å². The standard InChI is InChI=1S/C13H22N2S/c1-4-13-15-12(8-16-13)10(3)14-9(2)7-11-5-6-11/h8-11,14H,4-7H2,1-3H3. The Kier molecular flexibility index (Phi) is 3.98. The molecule has 0 aliphatic heterocycles. The maximum absolute atomic E-state index is 4.63. The van der Waals surface area contributed by atoms with Crippen LogP contribution in [-0.4, -0.2) is 11.0 Å². The number of nitrogens with one attached hydrogen (secondary N) is 1. The molecule has 1 aliphatic carbocycles. The first kappa shape index (κ1) is 12.1. The van der Waals surface area contributed by atoms with E-state index in [1.807, 2.05) is 0 Å². The summed E-state index contributed by atoms with van der Waals surface area (Å²) in [6.07, 6.45) is 5.26. The predicted molar refractivity (Wildman–Crippen MR) is 69.8 cm³/mol. The largest absolute Gasteiger partial charge is 0.306 e. The van der Waals surface area contributed by atoms with Crippen LogP contribution in [0.1, 0.15) is 56.8 Å². The van der Waals surface area contributed by atoms with Crippen LogP contribution in [0.4, 0.5) is 0 Å². The molecule has 1 saturated carbocycles. The van der Waals surface area contributed by atoms with Gasteiger partial charge in [0.15, 0.2) is 0 Å². The Morgan fingerprint density at radius 2 is 2.25 bits per heavy atom. The van der Waals surface area contributed by atoms with Gasteiger partial charge >= 0.3 is 0 Å². The molecule has 1 heterocycles. The number of hydrogen-bond donors (Lipinski definition) is 1. The molecule has 1 aliphatic rings. The maximum atomic E-state index is 4.63. The van der Waals surface area contributed by atoms with E-state index in [-0.39, 0.29) is 0 Å². The van der Waals surface area contributed by atoms with Gasteiger partial charge in [0.05, 0.1) is 10.7 Å². The van der Waals surface area contributed by atoms with Crippen molar-refractivity contribution in [1.82, 2.24) is 10.3 Å². The van der Waals surface area contributed by atoms with E-state index >= 15 is 0 Å². The molecular formula is C13H22N2S. The summed E-state index contributed by atoms with van der Waals surface area (Å²) in [7, 11) is 0. The van der Waals surface area contributed by atoms with Crippen molar-refractivity contribution in [2.75, 3.05) is 0 Å². The molecule has 0 amide bonds. The van der Waals surface area contributed by atoms with Gasteiger partial charge < -0.3 is 5.32 Å². The van der Waals surface area contributed by atoms with E-state index in [4.69, 9.17) is 0 Å². The third kappa shape index (κ3) is 3.29. The molecule has 1 N–H and O–H groups in total. The number of aromatic nitrogens is 1. The van der Waals surface area contributed by atoms with E-state index in [0.717, 1.165) is 12.3 Å². The van der Waals surface area contributed by atoms with Gasteiger partial charge in [-0.25, -0.2) is 4.98 Å². The van der Waals surface area contributed by atoms with Gasteiger partial charge in [0, 0.05) is 17.5 Å². The van der Waals surface area contributed by atoms with Crippen molar-refractivity contribution in [3.63, 3.8) is 0 Å². The molecule has 0 saturated heterocycles. The smallest absolute Gasteiger partial charge is 0.0926 e. The van der Waals surface area contributed by atoms with Crippen molar-refractivity contribution in [2.24, 2.45) is 5.92 Å². The van der Waals surface area contributed by atoms with Gasteiger partial charge in [-0.1, -0.05) is 19.8 Å². The van der Waals surface area contributed by atoms with Crippen LogP contribution < -0.4 is 5.32 Å². The number of thiazole rings is 1. The Hall–Kier alpha value is -0.410. The summed E-state index contributed by atoms with van der Waals surface area (Å²) < 4.78 is 0. The van der Waals surface area contributed by atoms with Gasteiger partial charge in [0.25, 0.3) is 0 Å². The highest BCUT2D eigenvalue weighted by Gasteiger charge is 2.24. The summed E-state index contributed by atoms with van der Waals surface area (Å²) >= 11 is 1.78. The fourth-order valence-corrected chi connectivity index (χ4v) is 2.96. The molecule has 2 unspecified atom stereocenters. The quantitative estimate of drug-likeness (QED) is 0.820. The number of hydrogen-bond acceptors (Lipinski definition) is 3. The number of aryl methyl sites for hydroxylation is 1. The Bertz CT molecular complexity index is 330. The highest BCUT2D eigenvalue weighted by molar-refractivity contribution is 7.09. The average molecular weight is 238 g/mol. The lowest BCUT2D eigenvalue weighted by Crippen LogP contribution is -2.29. The number of nitrogens with zero attached hydrogens (tertiary/aromatic N) is 1. The van der Waals surface area contributed by atoms with Crippen molar-refractivity contribution in [2.45, 2.75) is 58.5 Å².